The third-order valence-corrected chi connectivity index (χ3v) is 3.23. The molecule has 0 saturated carbocycles. The highest BCUT2D eigenvalue weighted by molar-refractivity contribution is 5.69. The van der Waals surface area contributed by atoms with Crippen molar-refractivity contribution in [3.8, 4) is 0 Å². The summed E-state index contributed by atoms with van der Waals surface area (Å²) in [6.07, 6.45) is 3.30. The van der Waals surface area contributed by atoms with Gasteiger partial charge in [0.1, 0.15) is 5.60 Å². The van der Waals surface area contributed by atoms with E-state index in [0.717, 1.165) is 25.9 Å². The summed E-state index contributed by atoms with van der Waals surface area (Å²) < 4.78 is 5.47. The maximum absolute atomic E-state index is 12.1. The Kier molecular flexibility index (Phi) is 3.10. The largest absolute Gasteiger partial charge is 0.444 e. The van der Waals surface area contributed by atoms with Crippen LogP contribution in [0.5, 0.6) is 0 Å². The Balaban J connectivity index is 2.04. The molecule has 2 rings (SSSR count). The lowest BCUT2D eigenvalue weighted by Crippen LogP contribution is -2.62. The smallest absolute Gasteiger partial charge is 0.410 e. The van der Waals surface area contributed by atoms with Crippen LogP contribution in [0.2, 0.25) is 0 Å². The Morgan fingerprint density at radius 3 is 2.31 bits per heavy atom. The molecule has 2 atom stereocenters. The number of carbonyl (C=O) groups excluding carboxylic acids is 1. The average molecular weight is 226 g/mol. The number of rotatable bonds is 0. The number of fused-ring (bicyclic) bond motifs is 2. The van der Waals surface area contributed by atoms with Gasteiger partial charge >= 0.3 is 6.09 Å². The second-order valence-corrected chi connectivity index (χ2v) is 5.78. The van der Waals surface area contributed by atoms with Crippen molar-refractivity contribution in [1.82, 2.24) is 10.2 Å². The predicted octanol–water partition coefficient (Wildman–Crippen LogP) is 1.75. The molecule has 0 spiro atoms. The molecule has 4 heteroatoms. The average Bonchev–Trinajstić information content (AvgIpc) is 2.13. The molecule has 0 aromatic heterocycles. The number of amides is 1. The number of piperazine rings is 1. The van der Waals surface area contributed by atoms with Crippen LogP contribution in [0.25, 0.3) is 0 Å². The predicted molar refractivity (Wildman–Crippen MR) is 62.4 cm³/mol. The van der Waals surface area contributed by atoms with Crippen LogP contribution in [0.1, 0.15) is 40.0 Å². The minimum absolute atomic E-state index is 0.135. The Hall–Kier alpha value is -0.770. The van der Waals surface area contributed by atoms with Crippen LogP contribution in [0.15, 0.2) is 0 Å². The van der Waals surface area contributed by atoms with Crippen LogP contribution in [0.4, 0.5) is 4.79 Å². The van der Waals surface area contributed by atoms with Gasteiger partial charge in [-0.15, -0.1) is 0 Å². The van der Waals surface area contributed by atoms with Gasteiger partial charge in [0.2, 0.25) is 0 Å². The van der Waals surface area contributed by atoms with Gasteiger partial charge in [0.15, 0.2) is 0 Å². The van der Waals surface area contributed by atoms with Crippen LogP contribution >= 0.6 is 0 Å². The van der Waals surface area contributed by atoms with Crippen LogP contribution in [0.3, 0.4) is 0 Å². The number of carbonyl (C=O) groups is 1. The van der Waals surface area contributed by atoms with E-state index in [0.29, 0.717) is 12.1 Å². The third-order valence-electron chi connectivity index (χ3n) is 3.23. The molecule has 2 aliphatic rings. The normalized spacial score (nSPS) is 30.1. The molecule has 2 bridgehead atoms. The summed E-state index contributed by atoms with van der Waals surface area (Å²) >= 11 is 0. The molecular formula is C12H22N2O2. The van der Waals surface area contributed by atoms with Gasteiger partial charge in [0, 0.05) is 25.2 Å². The summed E-state index contributed by atoms with van der Waals surface area (Å²) in [6, 6.07) is 0.671. The Bertz CT molecular complexity index is 251. The molecule has 92 valence electrons. The van der Waals surface area contributed by atoms with Crippen molar-refractivity contribution in [2.45, 2.75) is 57.7 Å². The maximum Gasteiger partial charge on any atom is 0.410 e. The monoisotopic (exact) mass is 226 g/mol. The standard InChI is InChI=1S/C12H22N2O2/c1-12(2,3)16-11(15)14-9-5-4-6-10(14)8-13-7-9/h9-10,13H,4-8H2,1-3H3/t9-,10-/m1/s1. The minimum Gasteiger partial charge on any atom is -0.444 e. The van der Waals surface area contributed by atoms with Gasteiger partial charge < -0.3 is 10.1 Å². The molecule has 2 saturated heterocycles. The summed E-state index contributed by atoms with van der Waals surface area (Å²) in [5.41, 5.74) is -0.393. The van der Waals surface area contributed by atoms with Gasteiger partial charge in [0.05, 0.1) is 0 Å². The summed E-state index contributed by atoms with van der Waals surface area (Å²) in [4.78, 5) is 14.1. The summed E-state index contributed by atoms with van der Waals surface area (Å²) in [5.74, 6) is 0. The summed E-state index contributed by atoms with van der Waals surface area (Å²) in [6.45, 7) is 7.58. The maximum atomic E-state index is 12.1. The Morgan fingerprint density at radius 1 is 1.25 bits per heavy atom. The zero-order valence-corrected chi connectivity index (χ0v) is 10.5. The molecule has 2 fully saturated rings. The fourth-order valence-electron chi connectivity index (χ4n) is 2.60. The zero-order valence-electron chi connectivity index (χ0n) is 10.5. The number of nitrogens with one attached hydrogen (secondary N) is 1. The van der Waals surface area contributed by atoms with Gasteiger partial charge in [-0.05, 0) is 40.0 Å². The number of hydrogen-bond acceptors (Lipinski definition) is 3. The molecule has 0 aliphatic carbocycles. The fraction of sp³-hybridized carbons (Fsp3) is 0.917. The number of ether oxygens (including phenoxy) is 1. The highest BCUT2D eigenvalue weighted by atomic mass is 16.6. The molecule has 0 aromatic rings. The van der Waals surface area contributed by atoms with Gasteiger partial charge in [-0.25, -0.2) is 4.79 Å². The van der Waals surface area contributed by atoms with Crippen molar-refractivity contribution in [2.24, 2.45) is 0 Å². The van der Waals surface area contributed by atoms with E-state index >= 15 is 0 Å². The molecule has 2 aliphatic heterocycles. The molecule has 1 N–H and O–H groups in total. The molecule has 4 nitrogen and oxygen atoms in total. The van der Waals surface area contributed by atoms with E-state index in [1.165, 1.54) is 6.42 Å². The van der Waals surface area contributed by atoms with E-state index in [-0.39, 0.29) is 6.09 Å². The van der Waals surface area contributed by atoms with Gasteiger partial charge in [-0.1, -0.05) is 0 Å². The highest BCUT2D eigenvalue weighted by Gasteiger charge is 2.38. The van der Waals surface area contributed by atoms with E-state index in [1.807, 2.05) is 25.7 Å². The lowest BCUT2D eigenvalue weighted by molar-refractivity contribution is -0.0135. The van der Waals surface area contributed by atoms with Crippen molar-refractivity contribution in [3.63, 3.8) is 0 Å². The lowest BCUT2D eigenvalue weighted by atomic mass is 9.93. The number of piperidine rings is 1. The van der Waals surface area contributed by atoms with Crippen LogP contribution in [-0.2, 0) is 4.74 Å². The van der Waals surface area contributed by atoms with Gasteiger partial charge in [0.25, 0.3) is 0 Å². The Morgan fingerprint density at radius 2 is 1.81 bits per heavy atom. The van der Waals surface area contributed by atoms with E-state index in [1.54, 1.807) is 0 Å². The van der Waals surface area contributed by atoms with Gasteiger partial charge in [-0.3, -0.25) is 4.90 Å². The number of nitrogens with zero attached hydrogens (tertiary/aromatic N) is 1. The molecule has 2 heterocycles. The van der Waals surface area contributed by atoms with Gasteiger partial charge in [-0.2, -0.15) is 0 Å². The van der Waals surface area contributed by atoms with Crippen molar-refractivity contribution >= 4 is 6.09 Å². The van der Waals surface area contributed by atoms with E-state index in [2.05, 4.69) is 5.32 Å². The van der Waals surface area contributed by atoms with Crippen molar-refractivity contribution in [1.29, 1.82) is 0 Å². The molecule has 0 aromatic carbocycles. The fourth-order valence-corrected chi connectivity index (χ4v) is 2.60. The number of hydrogen-bond donors (Lipinski definition) is 1. The SMILES string of the molecule is CC(C)(C)OC(=O)N1[C@@H]2CCC[C@@H]1CNC2. The van der Waals surface area contributed by atoms with Crippen molar-refractivity contribution < 1.29 is 9.53 Å². The highest BCUT2D eigenvalue weighted by Crippen LogP contribution is 2.27. The first kappa shape index (κ1) is 11.7. The van der Waals surface area contributed by atoms with Crippen LogP contribution in [0, 0.1) is 0 Å². The molecule has 0 radical (unpaired) electrons. The molecular weight excluding hydrogens is 204 g/mol. The summed E-state index contributed by atoms with van der Waals surface area (Å²) in [5, 5.41) is 3.39. The van der Waals surface area contributed by atoms with Crippen molar-refractivity contribution in [2.75, 3.05) is 13.1 Å². The van der Waals surface area contributed by atoms with E-state index in [9.17, 15) is 4.79 Å². The Labute approximate surface area is 97.3 Å². The molecule has 0 unspecified atom stereocenters. The second kappa shape index (κ2) is 4.24. The van der Waals surface area contributed by atoms with E-state index in [4.69, 9.17) is 4.74 Å². The molecule has 16 heavy (non-hydrogen) atoms. The quantitative estimate of drug-likeness (QED) is 0.684. The first-order chi connectivity index (χ1) is 7.47. The minimum atomic E-state index is -0.393. The van der Waals surface area contributed by atoms with Crippen LogP contribution in [-0.4, -0.2) is 41.8 Å². The van der Waals surface area contributed by atoms with Crippen LogP contribution < -0.4 is 5.32 Å². The summed E-state index contributed by atoms with van der Waals surface area (Å²) in [7, 11) is 0. The topological polar surface area (TPSA) is 41.6 Å². The third kappa shape index (κ3) is 2.48. The zero-order chi connectivity index (χ0) is 11.8. The lowest BCUT2D eigenvalue weighted by Gasteiger charge is -2.46. The second-order valence-electron chi connectivity index (χ2n) is 5.78. The van der Waals surface area contributed by atoms with E-state index < -0.39 is 5.60 Å². The van der Waals surface area contributed by atoms with Crippen molar-refractivity contribution in [3.05, 3.63) is 0 Å². The first-order valence-electron chi connectivity index (χ1n) is 6.19. The first-order valence-corrected chi connectivity index (χ1v) is 6.19. The molecule has 1 amide bonds.